The Balaban J connectivity index is 2.30. The maximum Gasteiger partial charge on any atom is 0.0349 e. The number of rotatable bonds is 1. The van der Waals surface area contributed by atoms with Crippen molar-refractivity contribution in [3.8, 4) is 0 Å². The van der Waals surface area contributed by atoms with Crippen molar-refractivity contribution in [2.45, 2.75) is 33.7 Å². The normalized spacial score (nSPS) is 30.8. The third-order valence-corrected chi connectivity index (χ3v) is 3.69. The SMILES string of the molecule is Cc1cc(C)cc(C2NCC(C)C2C)c1. The fourth-order valence-corrected chi connectivity index (χ4v) is 2.62. The molecule has 1 heteroatoms. The summed E-state index contributed by atoms with van der Waals surface area (Å²) in [6.45, 7) is 10.2. The second kappa shape index (κ2) is 3.97. The molecule has 2 rings (SSSR count). The van der Waals surface area contributed by atoms with Gasteiger partial charge >= 0.3 is 0 Å². The first-order valence-electron chi connectivity index (χ1n) is 5.89. The molecule has 15 heavy (non-hydrogen) atoms. The number of hydrogen-bond donors (Lipinski definition) is 1. The van der Waals surface area contributed by atoms with Gasteiger partial charge in [-0.05, 0) is 37.8 Å². The molecule has 3 unspecified atom stereocenters. The van der Waals surface area contributed by atoms with E-state index >= 15 is 0 Å². The van der Waals surface area contributed by atoms with E-state index in [1.807, 2.05) is 0 Å². The summed E-state index contributed by atoms with van der Waals surface area (Å²) in [5, 5.41) is 3.63. The lowest BCUT2D eigenvalue weighted by molar-refractivity contribution is 0.425. The largest absolute Gasteiger partial charge is 0.309 e. The van der Waals surface area contributed by atoms with Crippen molar-refractivity contribution in [3.05, 3.63) is 34.9 Å². The molecule has 1 aromatic carbocycles. The van der Waals surface area contributed by atoms with Crippen molar-refractivity contribution in [1.29, 1.82) is 0 Å². The maximum atomic E-state index is 3.63. The third-order valence-electron chi connectivity index (χ3n) is 3.69. The van der Waals surface area contributed by atoms with Gasteiger partial charge in [-0.3, -0.25) is 0 Å². The molecule has 1 heterocycles. The van der Waals surface area contributed by atoms with Gasteiger partial charge in [0.1, 0.15) is 0 Å². The Hall–Kier alpha value is -0.820. The fourth-order valence-electron chi connectivity index (χ4n) is 2.62. The minimum absolute atomic E-state index is 0.554. The highest BCUT2D eigenvalue weighted by Gasteiger charge is 2.30. The summed E-state index contributed by atoms with van der Waals surface area (Å²) in [7, 11) is 0. The number of nitrogens with one attached hydrogen (secondary N) is 1. The summed E-state index contributed by atoms with van der Waals surface area (Å²) in [6.07, 6.45) is 0. The number of benzene rings is 1. The Morgan fingerprint density at radius 2 is 1.67 bits per heavy atom. The molecule has 1 aliphatic rings. The van der Waals surface area contributed by atoms with E-state index in [1.54, 1.807) is 0 Å². The van der Waals surface area contributed by atoms with Crippen molar-refractivity contribution >= 4 is 0 Å². The lowest BCUT2D eigenvalue weighted by Gasteiger charge is -2.19. The molecule has 82 valence electrons. The van der Waals surface area contributed by atoms with Crippen LogP contribution in [0.2, 0.25) is 0 Å². The molecule has 3 atom stereocenters. The third kappa shape index (κ3) is 2.07. The van der Waals surface area contributed by atoms with Gasteiger partial charge in [-0.2, -0.15) is 0 Å². The minimum Gasteiger partial charge on any atom is -0.309 e. The molecule has 0 spiro atoms. The molecule has 0 aliphatic carbocycles. The zero-order chi connectivity index (χ0) is 11.0. The smallest absolute Gasteiger partial charge is 0.0349 e. The Morgan fingerprint density at radius 1 is 1.07 bits per heavy atom. The Morgan fingerprint density at radius 3 is 2.13 bits per heavy atom. The first kappa shape index (κ1) is 10.7. The van der Waals surface area contributed by atoms with Crippen molar-refractivity contribution in [1.82, 2.24) is 5.32 Å². The van der Waals surface area contributed by atoms with Gasteiger partial charge in [0.2, 0.25) is 0 Å². The zero-order valence-electron chi connectivity index (χ0n) is 10.2. The van der Waals surface area contributed by atoms with E-state index in [9.17, 15) is 0 Å². The molecular formula is C14H21N. The van der Waals surface area contributed by atoms with Crippen molar-refractivity contribution < 1.29 is 0 Å². The van der Waals surface area contributed by atoms with E-state index in [0.29, 0.717) is 6.04 Å². The Bertz CT molecular complexity index is 336. The molecule has 1 aromatic rings. The van der Waals surface area contributed by atoms with Gasteiger partial charge in [-0.25, -0.2) is 0 Å². The zero-order valence-corrected chi connectivity index (χ0v) is 10.2. The highest BCUT2D eigenvalue weighted by molar-refractivity contribution is 5.31. The van der Waals surface area contributed by atoms with Crippen LogP contribution in [0.3, 0.4) is 0 Å². The van der Waals surface area contributed by atoms with Gasteiger partial charge < -0.3 is 5.32 Å². The van der Waals surface area contributed by atoms with Gasteiger partial charge in [-0.1, -0.05) is 43.2 Å². The summed E-state index contributed by atoms with van der Waals surface area (Å²) in [5.74, 6) is 1.53. The summed E-state index contributed by atoms with van der Waals surface area (Å²) < 4.78 is 0. The van der Waals surface area contributed by atoms with Crippen LogP contribution in [0.5, 0.6) is 0 Å². The second-order valence-corrected chi connectivity index (χ2v) is 5.14. The summed E-state index contributed by atoms with van der Waals surface area (Å²) >= 11 is 0. The predicted octanol–water partition coefficient (Wildman–Crippen LogP) is 3.22. The Labute approximate surface area is 92.9 Å². The molecule has 1 saturated heterocycles. The molecule has 1 fully saturated rings. The van der Waals surface area contributed by atoms with Crippen LogP contribution in [-0.2, 0) is 0 Å². The van der Waals surface area contributed by atoms with Crippen molar-refractivity contribution in [2.75, 3.05) is 6.54 Å². The standard InChI is InChI=1S/C14H21N/c1-9-5-10(2)7-13(6-9)14-12(4)11(3)8-15-14/h5-7,11-12,14-15H,8H2,1-4H3. The average Bonchev–Trinajstić information content (AvgIpc) is 2.46. The first-order chi connectivity index (χ1) is 7.08. The highest BCUT2D eigenvalue weighted by atomic mass is 15.0. The minimum atomic E-state index is 0.554. The molecule has 0 saturated carbocycles. The van der Waals surface area contributed by atoms with Gasteiger partial charge in [-0.15, -0.1) is 0 Å². The van der Waals surface area contributed by atoms with Crippen LogP contribution in [0.15, 0.2) is 18.2 Å². The summed E-state index contributed by atoms with van der Waals surface area (Å²) in [5.41, 5.74) is 4.21. The Kier molecular flexibility index (Phi) is 2.83. The summed E-state index contributed by atoms with van der Waals surface area (Å²) in [6, 6.07) is 7.43. The van der Waals surface area contributed by atoms with Crippen LogP contribution < -0.4 is 5.32 Å². The molecule has 0 amide bonds. The van der Waals surface area contributed by atoms with Crippen LogP contribution >= 0.6 is 0 Å². The van der Waals surface area contributed by atoms with Gasteiger partial charge in [0.05, 0.1) is 0 Å². The van der Waals surface area contributed by atoms with Gasteiger partial charge in [0.25, 0.3) is 0 Å². The number of aryl methyl sites for hydroxylation is 2. The van der Waals surface area contributed by atoms with Gasteiger partial charge in [0, 0.05) is 6.04 Å². The van der Waals surface area contributed by atoms with E-state index in [0.717, 1.165) is 18.4 Å². The van der Waals surface area contributed by atoms with Gasteiger partial charge in [0.15, 0.2) is 0 Å². The van der Waals surface area contributed by atoms with Crippen molar-refractivity contribution in [2.24, 2.45) is 11.8 Å². The van der Waals surface area contributed by atoms with E-state index in [1.165, 1.54) is 16.7 Å². The van der Waals surface area contributed by atoms with Crippen molar-refractivity contribution in [3.63, 3.8) is 0 Å². The monoisotopic (exact) mass is 203 g/mol. The molecule has 0 bridgehead atoms. The van der Waals surface area contributed by atoms with Crippen LogP contribution in [0, 0.1) is 25.7 Å². The fraction of sp³-hybridized carbons (Fsp3) is 0.571. The van der Waals surface area contributed by atoms with Crippen LogP contribution in [0.4, 0.5) is 0 Å². The summed E-state index contributed by atoms with van der Waals surface area (Å²) in [4.78, 5) is 0. The molecule has 1 N–H and O–H groups in total. The molecule has 1 aliphatic heterocycles. The van der Waals surface area contributed by atoms with E-state index in [2.05, 4.69) is 51.2 Å². The van der Waals surface area contributed by atoms with E-state index in [-0.39, 0.29) is 0 Å². The molecule has 1 nitrogen and oxygen atoms in total. The van der Waals surface area contributed by atoms with Crippen LogP contribution in [0.25, 0.3) is 0 Å². The highest BCUT2D eigenvalue weighted by Crippen LogP contribution is 2.33. The average molecular weight is 203 g/mol. The molecule has 0 radical (unpaired) electrons. The quantitative estimate of drug-likeness (QED) is 0.739. The second-order valence-electron chi connectivity index (χ2n) is 5.14. The topological polar surface area (TPSA) is 12.0 Å². The maximum absolute atomic E-state index is 3.63. The van der Waals surface area contributed by atoms with E-state index in [4.69, 9.17) is 0 Å². The predicted molar refractivity (Wildman–Crippen MR) is 65.0 cm³/mol. The van der Waals surface area contributed by atoms with E-state index < -0.39 is 0 Å². The lowest BCUT2D eigenvalue weighted by atomic mass is 9.89. The van der Waals surface area contributed by atoms with Crippen LogP contribution in [0.1, 0.15) is 36.6 Å². The number of hydrogen-bond acceptors (Lipinski definition) is 1. The first-order valence-corrected chi connectivity index (χ1v) is 5.89. The van der Waals surface area contributed by atoms with Crippen LogP contribution in [-0.4, -0.2) is 6.54 Å². The molecule has 0 aromatic heterocycles. The molecular weight excluding hydrogens is 182 g/mol. The lowest BCUT2D eigenvalue weighted by Crippen LogP contribution is -2.16.